The smallest absolute Gasteiger partial charge is 0.305 e. The van der Waals surface area contributed by atoms with Crippen molar-refractivity contribution in [3.8, 4) is 0 Å². The molecule has 0 spiro atoms. The van der Waals surface area contributed by atoms with E-state index < -0.39 is 0 Å². The summed E-state index contributed by atoms with van der Waals surface area (Å²) < 4.78 is 4.84. The summed E-state index contributed by atoms with van der Waals surface area (Å²) in [6.45, 7) is 4.16. The van der Waals surface area contributed by atoms with E-state index in [-0.39, 0.29) is 17.8 Å². The van der Waals surface area contributed by atoms with Crippen molar-refractivity contribution in [2.75, 3.05) is 18.5 Å². The highest BCUT2D eigenvalue weighted by Gasteiger charge is 2.06. The van der Waals surface area contributed by atoms with Crippen molar-refractivity contribution in [2.45, 2.75) is 39.5 Å². The van der Waals surface area contributed by atoms with Crippen LogP contribution in [0, 0.1) is 0 Å². The molecule has 1 aromatic rings. The minimum absolute atomic E-state index is 0.175. The van der Waals surface area contributed by atoms with Crippen LogP contribution in [-0.4, -0.2) is 30.9 Å². The van der Waals surface area contributed by atoms with Gasteiger partial charge in [0.25, 0.3) is 5.91 Å². The van der Waals surface area contributed by atoms with Crippen LogP contribution in [0.2, 0.25) is 0 Å². The molecule has 6 nitrogen and oxygen atoms in total. The second-order valence-electron chi connectivity index (χ2n) is 5.13. The number of carbonyl (C=O) groups excluding carboxylic acids is 3. The van der Waals surface area contributed by atoms with Crippen LogP contribution >= 0.6 is 0 Å². The first-order valence-electron chi connectivity index (χ1n) is 7.84. The Hall–Kier alpha value is -2.37. The Kier molecular flexibility index (Phi) is 8.42. The van der Waals surface area contributed by atoms with Crippen molar-refractivity contribution < 1.29 is 19.1 Å². The Morgan fingerprint density at radius 2 is 1.91 bits per heavy atom. The third-order valence-corrected chi connectivity index (χ3v) is 3.09. The van der Waals surface area contributed by atoms with E-state index >= 15 is 0 Å². The van der Waals surface area contributed by atoms with Crippen molar-refractivity contribution in [1.29, 1.82) is 0 Å². The first-order chi connectivity index (χ1) is 11.0. The molecule has 0 heterocycles. The largest absolute Gasteiger partial charge is 0.466 e. The molecule has 1 rings (SSSR count). The third-order valence-electron chi connectivity index (χ3n) is 3.09. The van der Waals surface area contributed by atoms with Gasteiger partial charge in [-0.2, -0.15) is 0 Å². The van der Waals surface area contributed by atoms with Crippen LogP contribution in [0.4, 0.5) is 5.69 Å². The van der Waals surface area contributed by atoms with Crippen LogP contribution in [0.5, 0.6) is 0 Å². The fourth-order valence-electron chi connectivity index (χ4n) is 2.05. The molecule has 0 saturated heterocycles. The van der Waals surface area contributed by atoms with Gasteiger partial charge >= 0.3 is 5.97 Å². The van der Waals surface area contributed by atoms with Crippen molar-refractivity contribution in [2.24, 2.45) is 0 Å². The summed E-state index contributed by atoms with van der Waals surface area (Å²) in [5.74, 6) is -0.530. The number of unbranched alkanes of at least 4 members (excludes halogenated alkanes) is 2. The Balaban J connectivity index is 2.26. The molecule has 0 fully saturated rings. The summed E-state index contributed by atoms with van der Waals surface area (Å²) in [6, 6.07) is 6.78. The SMILES string of the molecule is CCOC(=O)CCCCCNC(=O)c1cccc(NC(C)=O)c1. The molecule has 126 valence electrons. The maximum Gasteiger partial charge on any atom is 0.305 e. The van der Waals surface area contributed by atoms with Crippen LogP contribution in [0.3, 0.4) is 0 Å². The topological polar surface area (TPSA) is 84.5 Å². The van der Waals surface area contributed by atoms with Gasteiger partial charge < -0.3 is 15.4 Å². The van der Waals surface area contributed by atoms with E-state index in [1.165, 1.54) is 6.92 Å². The Morgan fingerprint density at radius 1 is 1.13 bits per heavy atom. The maximum absolute atomic E-state index is 12.0. The van der Waals surface area contributed by atoms with E-state index in [0.29, 0.717) is 30.8 Å². The van der Waals surface area contributed by atoms with Gasteiger partial charge in [-0.05, 0) is 38.0 Å². The van der Waals surface area contributed by atoms with Crippen LogP contribution in [0.25, 0.3) is 0 Å². The Labute approximate surface area is 136 Å². The van der Waals surface area contributed by atoms with Crippen LogP contribution in [0.1, 0.15) is 49.9 Å². The predicted molar refractivity (Wildman–Crippen MR) is 88.2 cm³/mol. The van der Waals surface area contributed by atoms with Gasteiger partial charge in [-0.3, -0.25) is 14.4 Å². The van der Waals surface area contributed by atoms with E-state index in [1.54, 1.807) is 31.2 Å². The zero-order valence-electron chi connectivity index (χ0n) is 13.7. The number of ether oxygens (including phenoxy) is 1. The number of rotatable bonds is 9. The quantitative estimate of drug-likeness (QED) is 0.541. The standard InChI is InChI=1S/C17H24N2O4/c1-3-23-16(21)10-5-4-6-11-18-17(22)14-8-7-9-15(12-14)19-13(2)20/h7-9,12H,3-6,10-11H2,1-2H3,(H,18,22)(H,19,20). The number of anilines is 1. The lowest BCUT2D eigenvalue weighted by atomic mass is 10.1. The van der Waals surface area contributed by atoms with Gasteiger partial charge in [0.1, 0.15) is 0 Å². The van der Waals surface area contributed by atoms with Gasteiger partial charge in [0.05, 0.1) is 6.61 Å². The molecule has 0 aromatic heterocycles. The lowest BCUT2D eigenvalue weighted by molar-refractivity contribution is -0.143. The molecule has 1 aromatic carbocycles. The second kappa shape index (κ2) is 10.4. The average Bonchev–Trinajstić information content (AvgIpc) is 2.50. The summed E-state index contributed by atoms with van der Waals surface area (Å²) in [5, 5.41) is 5.47. The van der Waals surface area contributed by atoms with E-state index in [2.05, 4.69) is 10.6 Å². The molecule has 0 aliphatic rings. The highest BCUT2D eigenvalue weighted by atomic mass is 16.5. The lowest BCUT2D eigenvalue weighted by Gasteiger charge is -2.07. The summed E-state index contributed by atoms with van der Waals surface area (Å²) in [6.07, 6.45) is 2.83. The third kappa shape index (κ3) is 7.99. The van der Waals surface area contributed by atoms with E-state index in [0.717, 1.165) is 19.3 Å². The summed E-state index contributed by atoms with van der Waals surface area (Å²) in [7, 11) is 0. The van der Waals surface area contributed by atoms with Gasteiger partial charge in [0.15, 0.2) is 0 Å². The number of benzene rings is 1. The summed E-state index contributed by atoms with van der Waals surface area (Å²) in [5.41, 5.74) is 1.10. The zero-order chi connectivity index (χ0) is 17.1. The molecule has 0 unspecified atom stereocenters. The van der Waals surface area contributed by atoms with Crippen molar-refractivity contribution in [3.63, 3.8) is 0 Å². The summed E-state index contributed by atoms with van der Waals surface area (Å²) >= 11 is 0. The molecule has 0 aliphatic heterocycles. The molecule has 23 heavy (non-hydrogen) atoms. The number of esters is 1. The molecule has 0 saturated carbocycles. The van der Waals surface area contributed by atoms with Gasteiger partial charge in [-0.1, -0.05) is 12.5 Å². The monoisotopic (exact) mass is 320 g/mol. The maximum atomic E-state index is 12.0. The first kappa shape index (κ1) is 18.7. The normalized spacial score (nSPS) is 10.0. The minimum atomic E-state index is -0.178. The lowest BCUT2D eigenvalue weighted by Crippen LogP contribution is -2.24. The average molecular weight is 320 g/mol. The van der Waals surface area contributed by atoms with Crippen molar-refractivity contribution in [1.82, 2.24) is 5.32 Å². The first-order valence-corrected chi connectivity index (χ1v) is 7.84. The van der Waals surface area contributed by atoms with Crippen molar-refractivity contribution >= 4 is 23.5 Å². The minimum Gasteiger partial charge on any atom is -0.466 e. The predicted octanol–water partition coefficient (Wildman–Crippen LogP) is 2.50. The highest BCUT2D eigenvalue weighted by Crippen LogP contribution is 2.10. The van der Waals surface area contributed by atoms with Crippen molar-refractivity contribution in [3.05, 3.63) is 29.8 Å². The van der Waals surface area contributed by atoms with Crippen LogP contribution < -0.4 is 10.6 Å². The van der Waals surface area contributed by atoms with E-state index in [1.807, 2.05) is 0 Å². The molecule has 0 radical (unpaired) electrons. The molecule has 0 bridgehead atoms. The Morgan fingerprint density at radius 3 is 2.61 bits per heavy atom. The Bertz CT molecular complexity index is 543. The molecule has 6 heteroatoms. The molecule has 0 aliphatic carbocycles. The number of hydrogen-bond donors (Lipinski definition) is 2. The number of nitrogens with one attached hydrogen (secondary N) is 2. The summed E-state index contributed by atoms with van der Waals surface area (Å²) in [4.78, 5) is 34.2. The van der Waals surface area contributed by atoms with E-state index in [4.69, 9.17) is 4.74 Å². The molecular formula is C17H24N2O4. The van der Waals surface area contributed by atoms with Crippen LogP contribution in [0.15, 0.2) is 24.3 Å². The fourth-order valence-corrected chi connectivity index (χ4v) is 2.05. The van der Waals surface area contributed by atoms with Gasteiger partial charge in [0.2, 0.25) is 5.91 Å². The molecule has 2 amide bonds. The molecule has 2 N–H and O–H groups in total. The number of carbonyl (C=O) groups is 3. The number of amides is 2. The molecule has 0 atom stereocenters. The second-order valence-corrected chi connectivity index (χ2v) is 5.13. The molecular weight excluding hydrogens is 296 g/mol. The highest BCUT2D eigenvalue weighted by molar-refractivity contribution is 5.96. The van der Waals surface area contributed by atoms with E-state index in [9.17, 15) is 14.4 Å². The van der Waals surface area contributed by atoms with Crippen LogP contribution in [-0.2, 0) is 14.3 Å². The fraction of sp³-hybridized carbons (Fsp3) is 0.471. The van der Waals surface area contributed by atoms with Gasteiger partial charge in [0, 0.05) is 31.1 Å². The van der Waals surface area contributed by atoms with Gasteiger partial charge in [-0.15, -0.1) is 0 Å². The van der Waals surface area contributed by atoms with Gasteiger partial charge in [-0.25, -0.2) is 0 Å². The number of hydrogen-bond acceptors (Lipinski definition) is 4. The zero-order valence-corrected chi connectivity index (χ0v) is 13.7.